The Morgan fingerprint density at radius 1 is 1.11 bits per heavy atom. The molecule has 6 heteroatoms. The van der Waals surface area contributed by atoms with E-state index in [1.165, 1.54) is 0 Å². The van der Waals surface area contributed by atoms with Crippen LogP contribution in [-0.4, -0.2) is 41.8 Å². The van der Waals surface area contributed by atoms with E-state index in [9.17, 15) is 9.59 Å². The molecule has 0 unspecified atom stereocenters. The van der Waals surface area contributed by atoms with Crippen molar-refractivity contribution < 1.29 is 9.59 Å². The molecule has 0 saturated carbocycles. The van der Waals surface area contributed by atoms with Gasteiger partial charge in [0.25, 0.3) is 0 Å². The number of rotatable bonds is 6. The third-order valence-electron chi connectivity index (χ3n) is 5.03. The number of piperidine rings is 1. The van der Waals surface area contributed by atoms with E-state index in [0.29, 0.717) is 37.4 Å². The Hall–Kier alpha value is -1.98. The maximum atomic E-state index is 12.7. The lowest BCUT2D eigenvalue weighted by molar-refractivity contribution is -0.134. The first-order chi connectivity index (χ1) is 13.6. The summed E-state index contributed by atoms with van der Waals surface area (Å²) in [6.07, 6.45) is 4.01. The topological polar surface area (TPSA) is 49.4 Å². The Kier molecular flexibility index (Phi) is 7.40. The van der Waals surface area contributed by atoms with Crippen molar-refractivity contribution in [3.8, 4) is 11.1 Å². The van der Waals surface area contributed by atoms with Gasteiger partial charge < -0.3 is 10.2 Å². The highest BCUT2D eigenvalue weighted by molar-refractivity contribution is 7.98. The van der Waals surface area contributed by atoms with E-state index < -0.39 is 0 Å². The second kappa shape index (κ2) is 9.99. The van der Waals surface area contributed by atoms with Gasteiger partial charge in [0.15, 0.2) is 0 Å². The van der Waals surface area contributed by atoms with Gasteiger partial charge in [0.05, 0.1) is 0 Å². The largest absolute Gasteiger partial charge is 0.343 e. The third kappa shape index (κ3) is 5.52. The van der Waals surface area contributed by atoms with Crippen LogP contribution < -0.4 is 5.32 Å². The zero-order valence-corrected chi connectivity index (χ0v) is 17.6. The third-order valence-corrected chi connectivity index (χ3v) is 5.87. The van der Waals surface area contributed by atoms with Gasteiger partial charge in [-0.25, -0.2) is 0 Å². The van der Waals surface area contributed by atoms with Crippen LogP contribution in [0.1, 0.15) is 19.3 Å². The number of benzene rings is 2. The van der Waals surface area contributed by atoms with Crippen molar-refractivity contribution >= 4 is 40.9 Å². The molecule has 2 amide bonds. The molecule has 1 saturated heterocycles. The Morgan fingerprint density at radius 3 is 2.46 bits per heavy atom. The van der Waals surface area contributed by atoms with Crippen LogP contribution >= 0.6 is 23.4 Å². The lowest BCUT2D eigenvalue weighted by Crippen LogP contribution is -2.41. The second-order valence-electron chi connectivity index (χ2n) is 6.98. The number of hydrogen-bond acceptors (Lipinski definition) is 3. The number of anilines is 1. The lowest BCUT2D eigenvalue weighted by Gasteiger charge is -2.31. The molecule has 2 aromatic rings. The van der Waals surface area contributed by atoms with Gasteiger partial charge in [-0.2, -0.15) is 11.8 Å². The van der Waals surface area contributed by atoms with Crippen LogP contribution in [0, 0.1) is 5.92 Å². The molecule has 1 aliphatic rings. The van der Waals surface area contributed by atoms with Crippen LogP contribution in [0.5, 0.6) is 0 Å². The summed E-state index contributed by atoms with van der Waals surface area (Å²) in [7, 11) is 0. The van der Waals surface area contributed by atoms with Crippen LogP contribution in [0.15, 0.2) is 48.5 Å². The molecule has 3 rings (SSSR count). The second-order valence-corrected chi connectivity index (χ2v) is 8.40. The Balaban J connectivity index is 1.57. The predicted octanol–water partition coefficient (Wildman–Crippen LogP) is 4.94. The maximum Gasteiger partial charge on any atom is 0.227 e. The van der Waals surface area contributed by atoms with E-state index in [4.69, 9.17) is 11.6 Å². The summed E-state index contributed by atoms with van der Waals surface area (Å²) in [4.78, 5) is 26.7. The summed E-state index contributed by atoms with van der Waals surface area (Å²) in [5.74, 6) is 1.02. The summed E-state index contributed by atoms with van der Waals surface area (Å²) >= 11 is 7.77. The number of likely N-dealkylation sites (tertiary alicyclic amines) is 1. The van der Waals surface area contributed by atoms with Crippen molar-refractivity contribution in [2.24, 2.45) is 5.92 Å². The zero-order chi connectivity index (χ0) is 19.9. The molecule has 2 aromatic carbocycles. The molecule has 1 heterocycles. The van der Waals surface area contributed by atoms with Gasteiger partial charge in [0.2, 0.25) is 11.8 Å². The minimum Gasteiger partial charge on any atom is -0.343 e. The van der Waals surface area contributed by atoms with Crippen molar-refractivity contribution in [2.75, 3.05) is 30.4 Å². The fourth-order valence-corrected chi connectivity index (χ4v) is 4.00. The van der Waals surface area contributed by atoms with E-state index in [2.05, 4.69) is 5.32 Å². The molecule has 1 N–H and O–H groups in total. The highest BCUT2D eigenvalue weighted by Gasteiger charge is 2.27. The van der Waals surface area contributed by atoms with Crippen LogP contribution in [0.2, 0.25) is 5.02 Å². The molecule has 28 heavy (non-hydrogen) atoms. The molecule has 0 aliphatic carbocycles. The number of carbonyl (C=O) groups excluding carboxylic acids is 2. The van der Waals surface area contributed by atoms with Crippen LogP contribution in [0.25, 0.3) is 11.1 Å². The molecule has 4 nitrogen and oxygen atoms in total. The molecule has 148 valence electrons. The average Bonchev–Trinajstić information content (AvgIpc) is 2.72. The fourth-order valence-electron chi connectivity index (χ4n) is 3.43. The van der Waals surface area contributed by atoms with E-state index >= 15 is 0 Å². The van der Waals surface area contributed by atoms with Crippen molar-refractivity contribution in [3.05, 3.63) is 53.6 Å². The monoisotopic (exact) mass is 416 g/mol. The molecule has 0 spiro atoms. The molecule has 0 atom stereocenters. The van der Waals surface area contributed by atoms with Crippen molar-refractivity contribution in [1.29, 1.82) is 0 Å². The van der Waals surface area contributed by atoms with Crippen LogP contribution in [0.3, 0.4) is 0 Å². The average molecular weight is 417 g/mol. The van der Waals surface area contributed by atoms with Crippen molar-refractivity contribution in [1.82, 2.24) is 4.90 Å². The predicted molar refractivity (Wildman–Crippen MR) is 118 cm³/mol. The highest BCUT2D eigenvalue weighted by atomic mass is 35.5. The minimum atomic E-state index is -0.0561. The standard InChI is InChI=1S/C22H25ClN2O2S/c1-28-13-10-21(26)25-11-8-16(9-12-25)22(27)24-20-7-3-5-18(15-20)17-4-2-6-19(23)14-17/h2-7,14-16H,8-13H2,1H3,(H,24,27). The van der Waals surface area contributed by atoms with E-state index in [1.54, 1.807) is 11.8 Å². The fraction of sp³-hybridized carbons (Fsp3) is 0.364. The number of nitrogens with zero attached hydrogens (tertiary/aromatic N) is 1. The first-order valence-electron chi connectivity index (χ1n) is 9.50. The molecule has 1 fully saturated rings. The van der Waals surface area contributed by atoms with Gasteiger partial charge in [0.1, 0.15) is 0 Å². The van der Waals surface area contributed by atoms with E-state index in [-0.39, 0.29) is 17.7 Å². The number of carbonyl (C=O) groups is 2. The first-order valence-corrected chi connectivity index (χ1v) is 11.3. The summed E-state index contributed by atoms with van der Waals surface area (Å²) in [5.41, 5.74) is 2.80. The lowest BCUT2D eigenvalue weighted by atomic mass is 9.95. The van der Waals surface area contributed by atoms with Gasteiger partial charge in [-0.05, 0) is 54.5 Å². The summed E-state index contributed by atoms with van der Waals surface area (Å²) < 4.78 is 0. The molecule has 0 aromatic heterocycles. The molecular formula is C22H25ClN2O2S. The normalized spacial score (nSPS) is 14.7. The van der Waals surface area contributed by atoms with Gasteiger partial charge in [-0.1, -0.05) is 35.9 Å². The van der Waals surface area contributed by atoms with Gasteiger partial charge in [0, 0.05) is 41.9 Å². The van der Waals surface area contributed by atoms with Gasteiger partial charge in [-0.15, -0.1) is 0 Å². The quantitative estimate of drug-likeness (QED) is 0.725. The van der Waals surface area contributed by atoms with E-state index in [0.717, 1.165) is 22.6 Å². The summed E-state index contributed by atoms with van der Waals surface area (Å²) in [6, 6.07) is 15.4. The van der Waals surface area contributed by atoms with Gasteiger partial charge >= 0.3 is 0 Å². The smallest absolute Gasteiger partial charge is 0.227 e. The molecule has 0 radical (unpaired) electrons. The van der Waals surface area contributed by atoms with Crippen LogP contribution in [0.4, 0.5) is 5.69 Å². The molecule has 1 aliphatic heterocycles. The maximum absolute atomic E-state index is 12.7. The highest BCUT2D eigenvalue weighted by Crippen LogP contribution is 2.26. The first kappa shape index (κ1) is 20.7. The van der Waals surface area contributed by atoms with Gasteiger partial charge in [-0.3, -0.25) is 9.59 Å². The number of amides is 2. The van der Waals surface area contributed by atoms with Crippen molar-refractivity contribution in [3.63, 3.8) is 0 Å². The summed E-state index contributed by atoms with van der Waals surface area (Å²) in [6.45, 7) is 1.32. The number of thioether (sulfide) groups is 1. The van der Waals surface area contributed by atoms with Crippen molar-refractivity contribution in [2.45, 2.75) is 19.3 Å². The Morgan fingerprint density at radius 2 is 1.79 bits per heavy atom. The van der Waals surface area contributed by atoms with E-state index in [1.807, 2.05) is 59.7 Å². The molecule has 0 bridgehead atoms. The number of nitrogens with one attached hydrogen (secondary N) is 1. The van der Waals surface area contributed by atoms with Crippen LogP contribution in [-0.2, 0) is 9.59 Å². The Bertz CT molecular complexity index is 835. The minimum absolute atomic E-state index is 0.0273. The Labute approximate surface area is 175 Å². The number of hydrogen-bond donors (Lipinski definition) is 1. The summed E-state index contributed by atoms with van der Waals surface area (Å²) in [5, 5.41) is 3.72. The zero-order valence-electron chi connectivity index (χ0n) is 16.0. The SMILES string of the molecule is CSCCC(=O)N1CCC(C(=O)Nc2cccc(-c3cccc(Cl)c3)c2)CC1. The molecular weight excluding hydrogens is 392 g/mol. The number of halogens is 1.